The number of nitrogens with one attached hydrogen (secondary N) is 1. The van der Waals surface area contributed by atoms with E-state index in [2.05, 4.69) is 56.8 Å². The summed E-state index contributed by atoms with van der Waals surface area (Å²) in [6.07, 6.45) is 0. The molecule has 1 aliphatic rings. The second kappa shape index (κ2) is 5.99. The summed E-state index contributed by atoms with van der Waals surface area (Å²) in [4.78, 5) is 5.11. The highest BCUT2D eigenvalue weighted by atomic mass is 15.3. The average molecular weight is 227 g/mol. The van der Waals surface area contributed by atoms with Crippen molar-refractivity contribution in [2.75, 3.05) is 26.7 Å². The Morgan fingerprint density at radius 1 is 1.19 bits per heavy atom. The first-order valence-electron chi connectivity index (χ1n) is 6.66. The van der Waals surface area contributed by atoms with Gasteiger partial charge in [-0.15, -0.1) is 0 Å². The number of nitrogens with zero attached hydrogens (tertiary/aromatic N) is 2. The van der Waals surface area contributed by atoms with Gasteiger partial charge < -0.3 is 5.32 Å². The molecule has 0 aromatic rings. The first-order chi connectivity index (χ1) is 7.47. The maximum Gasteiger partial charge on any atom is 0.0219 e. The molecule has 0 amide bonds. The Bertz CT molecular complexity index is 195. The van der Waals surface area contributed by atoms with E-state index < -0.39 is 0 Å². The maximum absolute atomic E-state index is 3.53. The van der Waals surface area contributed by atoms with Gasteiger partial charge in [0.2, 0.25) is 0 Å². The van der Waals surface area contributed by atoms with Crippen LogP contribution < -0.4 is 5.32 Å². The van der Waals surface area contributed by atoms with E-state index in [9.17, 15) is 0 Å². The summed E-state index contributed by atoms with van der Waals surface area (Å²) >= 11 is 0. The first kappa shape index (κ1) is 13.9. The molecule has 1 heterocycles. The van der Waals surface area contributed by atoms with Crippen molar-refractivity contribution in [3.05, 3.63) is 0 Å². The van der Waals surface area contributed by atoms with E-state index in [0.29, 0.717) is 24.2 Å². The Balaban J connectivity index is 2.54. The molecule has 0 saturated carbocycles. The van der Waals surface area contributed by atoms with Gasteiger partial charge in [0, 0.05) is 37.3 Å². The van der Waals surface area contributed by atoms with Crippen LogP contribution in [0.4, 0.5) is 0 Å². The molecule has 0 aromatic heterocycles. The molecule has 0 aliphatic carbocycles. The first-order valence-corrected chi connectivity index (χ1v) is 6.66. The van der Waals surface area contributed by atoms with Crippen LogP contribution in [0.5, 0.6) is 0 Å². The van der Waals surface area contributed by atoms with E-state index in [1.165, 1.54) is 13.1 Å². The van der Waals surface area contributed by atoms with Gasteiger partial charge in [-0.3, -0.25) is 9.80 Å². The molecule has 3 nitrogen and oxygen atoms in total. The second-order valence-electron chi connectivity index (χ2n) is 5.40. The van der Waals surface area contributed by atoms with E-state index in [1.54, 1.807) is 0 Å². The average Bonchev–Trinajstić information content (AvgIpc) is 2.24. The number of piperazine rings is 1. The fourth-order valence-corrected chi connectivity index (χ4v) is 2.59. The molecule has 4 unspecified atom stereocenters. The monoisotopic (exact) mass is 227 g/mol. The lowest BCUT2D eigenvalue weighted by molar-refractivity contribution is 0.0298. The molecule has 1 aliphatic heterocycles. The van der Waals surface area contributed by atoms with E-state index in [0.717, 1.165) is 6.54 Å². The zero-order valence-corrected chi connectivity index (χ0v) is 11.8. The van der Waals surface area contributed by atoms with Crippen LogP contribution in [0.25, 0.3) is 0 Å². The molecule has 0 spiro atoms. The molecule has 1 N–H and O–H groups in total. The minimum atomic E-state index is 0.577. The van der Waals surface area contributed by atoms with E-state index >= 15 is 0 Å². The van der Waals surface area contributed by atoms with E-state index in [1.807, 2.05) is 0 Å². The molecule has 1 rings (SSSR count). The largest absolute Gasteiger partial charge is 0.313 e. The molecule has 1 saturated heterocycles. The minimum Gasteiger partial charge on any atom is -0.313 e. The lowest BCUT2D eigenvalue weighted by Crippen LogP contribution is -2.60. The highest BCUT2D eigenvalue weighted by Gasteiger charge is 2.30. The second-order valence-corrected chi connectivity index (χ2v) is 5.40. The fraction of sp³-hybridized carbons (Fsp3) is 1.00. The normalized spacial score (nSPS) is 32.6. The van der Waals surface area contributed by atoms with Crippen LogP contribution in [0.15, 0.2) is 0 Å². The van der Waals surface area contributed by atoms with Crippen molar-refractivity contribution >= 4 is 0 Å². The molecule has 0 radical (unpaired) electrons. The molecular weight excluding hydrogens is 198 g/mol. The van der Waals surface area contributed by atoms with Crippen LogP contribution in [0.1, 0.15) is 34.6 Å². The third kappa shape index (κ3) is 3.19. The highest BCUT2D eigenvalue weighted by Crippen LogP contribution is 2.17. The lowest BCUT2D eigenvalue weighted by atomic mass is 10.0. The molecule has 3 heteroatoms. The van der Waals surface area contributed by atoms with Crippen molar-refractivity contribution in [1.82, 2.24) is 15.1 Å². The smallest absolute Gasteiger partial charge is 0.0219 e. The van der Waals surface area contributed by atoms with Gasteiger partial charge in [-0.1, -0.05) is 6.92 Å². The molecule has 4 atom stereocenters. The Morgan fingerprint density at radius 3 is 2.12 bits per heavy atom. The number of likely N-dealkylation sites (N-methyl/N-ethyl adjacent to an activating group) is 2. The molecule has 0 aromatic carbocycles. The summed E-state index contributed by atoms with van der Waals surface area (Å²) in [7, 11) is 2.24. The van der Waals surface area contributed by atoms with Gasteiger partial charge in [0.05, 0.1) is 0 Å². The van der Waals surface area contributed by atoms with Crippen LogP contribution in [-0.4, -0.2) is 60.6 Å². The Labute approximate surface area is 101 Å². The predicted octanol–water partition coefficient (Wildman–Crippen LogP) is 1.40. The highest BCUT2D eigenvalue weighted by molar-refractivity contribution is 4.88. The molecule has 16 heavy (non-hydrogen) atoms. The van der Waals surface area contributed by atoms with Gasteiger partial charge in [-0.05, 0) is 41.3 Å². The quantitative estimate of drug-likeness (QED) is 0.783. The molecule has 96 valence electrons. The van der Waals surface area contributed by atoms with Gasteiger partial charge >= 0.3 is 0 Å². The Hall–Kier alpha value is -0.120. The van der Waals surface area contributed by atoms with Gasteiger partial charge in [0.25, 0.3) is 0 Å². The van der Waals surface area contributed by atoms with Crippen LogP contribution in [0.2, 0.25) is 0 Å². The summed E-state index contributed by atoms with van der Waals surface area (Å²) < 4.78 is 0. The van der Waals surface area contributed by atoms with Crippen molar-refractivity contribution in [3.63, 3.8) is 0 Å². The SMILES string of the molecule is CCNC(C)C(C)N1CC(C)N(C)C(C)C1. The van der Waals surface area contributed by atoms with Gasteiger partial charge in [-0.25, -0.2) is 0 Å². The summed E-state index contributed by atoms with van der Waals surface area (Å²) in [6.45, 7) is 14.9. The maximum atomic E-state index is 3.53. The van der Waals surface area contributed by atoms with Crippen molar-refractivity contribution in [3.8, 4) is 0 Å². The lowest BCUT2D eigenvalue weighted by Gasteiger charge is -2.46. The zero-order chi connectivity index (χ0) is 12.3. The summed E-state index contributed by atoms with van der Waals surface area (Å²) in [5, 5.41) is 3.53. The Kier molecular flexibility index (Phi) is 5.22. The van der Waals surface area contributed by atoms with Gasteiger partial charge in [-0.2, -0.15) is 0 Å². The predicted molar refractivity (Wildman–Crippen MR) is 70.9 cm³/mol. The van der Waals surface area contributed by atoms with E-state index in [-0.39, 0.29) is 0 Å². The summed E-state index contributed by atoms with van der Waals surface area (Å²) in [5.41, 5.74) is 0. The number of rotatable bonds is 4. The van der Waals surface area contributed by atoms with Crippen molar-refractivity contribution in [2.45, 2.75) is 58.8 Å². The molecule has 0 bridgehead atoms. The van der Waals surface area contributed by atoms with Crippen LogP contribution >= 0.6 is 0 Å². The molecular formula is C13H29N3. The summed E-state index contributed by atoms with van der Waals surface area (Å²) in [6, 6.07) is 2.53. The van der Waals surface area contributed by atoms with Gasteiger partial charge in [0.15, 0.2) is 0 Å². The Morgan fingerprint density at radius 2 is 1.69 bits per heavy atom. The zero-order valence-electron chi connectivity index (χ0n) is 11.8. The fourth-order valence-electron chi connectivity index (χ4n) is 2.59. The van der Waals surface area contributed by atoms with Crippen molar-refractivity contribution < 1.29 is 0 Å². The topological polar surface area (TPSA) is 18.5 Å². The summed E-state index contributed by atoms with van der Waals surface area (Å²) in [5.74, 6) is 0. The van der Waals surface area contributed by atoms with Crippen LogP contribution in [-0.2, 0) is 0 Å². The third-order valence-electron chi connectivity index (χ3n) is 4.21. The third-order valence-corrected chi connectivity index (χ3v) is 4.21. The standard InChI is InChI=1S/C13H29N3/c1-7-14-12(4)13(5)16-8-10(2)15(6)11(3)9-16/h10-14H,7-9H2,1-6H3. The van der Waals surface area contributed by atoms with Crippen LogP contribution in [0, 0.1) is 0 Å². The van der Waals surface area contributed by atoms with Crippen molar-refractivity contribution in [2.24, 2.45) is 0 Å². The number of hydrogen-bond acceptors (Lipinski definition) is 3. The van der Waals surface area contributed by atoms with Gasteiger partial charge in [0.1, 0.15) is 0 Å². The molecule has 1 fully saturated rings. The van der Waals surface area contributed by atoms with Crippen molar-refractivity contribution in [1.29, 1.82) is 0 Å². The van der Waals surface area contributed by atoms with E-state index in [4.69, 9.17) is 0 Å². The minimum absolute atomic E-state index is 0.577. The number of hydrogen-bond donors (Lipinski definition) is 1. The van der Waals surface area contributed by atoms with Crippen LogP contribution in [0.3, 0.4) is 0 Å².